The van der Waals surface area contributed by atoms with E-state index in [1.807, 2.05) is 19.9 Å². The first-order valence-corrected chi connectivity index (χ1v) is 7.26. The first kappa shape index (κ1) is 14.4. The van der Waals surface area contributed by atoms with Crippen molar-refractivity contribution in [3.63, 3.8) is 0 Å². The van der Waals surface area contributed by atoms with Crippen molar-refractivity contribution in [3.8, 4) is 0 Å². The molecule has 98 valence electrons. The summed E-state index contributed by atoms with van der Waals surface area (Å²) in [6.45, 7) is 3.74. The summed E-state index contributed by atoms with van der Waals surface area (Å²) in [5, 5.41) is 0. The summed E-state index contributed by atoms with van der Waals surface area (Å²) in [5.41, 5.74) is 2.36. The Morgan fingerprint density at radius 2 is 1.74 bits per heavy atom. The lowest BCUT2D eigenvalue weighted by atomic mass is 9.97. The van der Waals surface area contributed by atoms with Crippen molar-refractivity contribution in [2.75, 3.05) is 0 Å². The molecule has 2 aromatic rings. The highest BCUT2D eigenvalue weighted by Crippen LogP contribution is 2.27. The van der Waals surface area contributed by atoms with Crippen LogP contribution < -0.4 is 0 Å². The van der Waals surface area contributed by atoms with Crippen molar-refractivity contribution in [3.05, 3.63) is 67.3 Å². The van der Waals surface area contributed by atoms with E-state index in [-0.39, 0.29) is 11.3 Å². The van der Waals surface area contributed by atoms with Crippen LogP contribution in [0.4, 0.5) is 4.39 Å². The molecular formula is C15H11Br2FO. The molecular weight excluding hydrogens is 375 g/mol. The first-order chi connectivity index (χ1) is 8.91. The van der Waals surface area contributed by atoms with Crippen molar-refractivity contribution in [1.29, 1.82) is 0 Å². The summed E-state index contributed by atoms with van der Waals surface area (Å²) < 4.78 is 15.2. The highest BCUT2D eigenvalue weighted by molar-refractivity contribution is 9.10. The van der Waals surface area contributed by atoms with E-state index < -0.39 is 5.82 Å². The number of benzene rings is 2. The molecule has 19 heavy (non-hydrogen) atoms. The maximum atomic E-state index is 13.8. The van der Waals surface area contributed by atoms with Crippen LogP contribution in [-0.4, -0.2) is 5.78 Å². The predicted molar refractivity (Wildman–Crippen MR) is 81.1 cm³/mol. The third-order valence-electron chi connectivity index (χ3n) is 2.94. The molecule has 0 bridgehead atoms. The Morgan fingerprint density at radius 3 is 2.37 bits per heavy atom. The van der Waals surface area contributed by atoms with E-state index in [0.717, 1.165) is 15.6 Å². The van der Waals surface area contributed by atoms with Gasteiger partial charge in [0.25, 0.3) is 0 Å². The molecule has 0 atom stereocenters. The number of halogens is 3. The smallest absolute Gasteiger partial charge is 0.197 e. The second-order valence-electron chi connectivity index (χ2n) is 4.34. The average molecular weight is 386 g/mol. The molecule has 2 rings (SSSR count). The van der Waals surface area contributed by atoms with Crippen molar-refractivity contribution < 1.29 is 9.18 Å². The Kier molecular flexibility index (Phi) is 4.21. The summed E-state index contributed by atoms with van der Waals surface area (Å²) >= 11 is 6.65. The minimum atomic E-state index is -0.514. The molecule has 0 saturated carbocycles. The predicted octanol–water partition coefficient (Wildman–Crippen LogP) is 5.20. The average Bonchev–Trinajstić information content (AvgIpc) is 2.33. The molecule has 4 heteroatoms. The van der Waals surface area contributed by atoms with Crippen LogP contribution in [0.25, 0.3) is 0 Å². The Hall–Kier alpha value is -1.000. The fourth-order valence-electron chi connectivity index (χ4n) is 1.87. The number of hydrogen-bond acceptors (Lipinski definition) is 1. The van der Waals surface area contributed by atoms with E-state index in [2.05, 4.69) is 31.9 Å². The monoisotopic (exact) mass is 384 g/mol. The molecule has 0 aliphatic carbocycles. The zero-order chi connectivity index (χ0) is 14.2. The molecule has 0 amide bonds. The van der Waals surface area contributed by atoms with Crippen molar-refractivity contribution in [2.45, 2.75) is 13.8 Å². The highest BCUT2D eigenvalue weighted by Gasteiger charge is 2.19. The van der Waals surface area contributed by atoms with E-state index in [9.17, 15) is 9.18 Å². The third-order valence-corrected chi connectivity index (χ3v) is 4.46. The minimum absolute atomic E-state index is 0.0762. The summed E-state index contributed by atoms with van der Waals surface area (Å²) in [4.78, 5) is 12.5. The zero-order valence-electron chi connectivity index (χ0n) is 10.4. The molecule has 0 saturated heterocycles. The summed E-state index contributed by atoms with van der Waals surface area (Å²) in [7, 11) is 0. The molecule has 0 radical (unpaired) electrons. The maximum Gasteiger partial charge on any atom is 0.197 e. The minimum Gasteiger partial charge on any atom is -0.288 e. The van der Waals surface area contributed by atoms with Gasteiger partial charge < -0.3 is 0 Å². The van der Waals surface area contributed by atoms with Gasteiger partial charge in [0.15, 0.2) is 5.78 Å². The Balaban J connectivity index is 2.60. The van der Waals surface area contributed by atoms with Crippen LogP contribution in [0.3, 0.4) is 0 Å². The molecule has 0 aromatic heterocycles. The number of aryl methyl sites for hydroxylation is 2. The quantitative estimate of drug-likeness (QED) is 0.649. The maximum absolute atomic E-state index is 13.8. The number of rotatable bonds is 2. The van der Waals surface area contributed by atoms with E-state index in [0.29, 0.717) is 10.0 Å². The van der Waals surface area contributed by atoms with E-state index in [1.54, 1.807) is 18.2 Å². The lowest BCUT2D eigenvalue weighted by molar-refractivity contribution is 0.103. The largest absolute Gasteiger partial charge is 0.288 e. The SMILES string of the molecule is Cc1cc(C(=O)c2c(F)cccc2Br)c(C)cc1Br. The molecule has 1 nitrogen and oxygen atoms in total. The van der Waals surface area contributed by atoms with Crippen molar-refractivity contribution in [1.82, 2.24) is 0 Å². The molecule has 0 fully saturated rings. The molecule has 0 N–H and O–H groups in total. The number of carbonyl (C=O) groups is 1. The zero-order valence-corrected chi connectivity index (χ0v) is 13.6. The van der Waals surface area contributed by atoms with Gasteiger partial charge in [-0.15, -0.1) is 0 Å². The van der Waals surface area contributed by atoms with Crippen LogP contribution in [0.15, 0.2) is 39.3 Å². The van der Waals surface area contributed by atoms with Gasteiger partial charge in [0.1, 0.15) is 5.82 Å². The fraction of sp³-hybridized carbons (Fsp3) is 0.133. The molecule has 0 spiro atoms. The normalized spacial score (nSPS) is 10.6. The van der Waals surface area contributed by atoms with E-state index >= 15 is 0 Å². The number of carbonyl (C=O) groups excluding carboxylic acids is 1. The van der Waals surface area contributed by atoms with Gasteiger partial charge in [0, 0.05) is 14.5 Å². The Morgan fingerprint density at radius 1 is 1.05 bits per heavy atom. The van der Waals surface area contributed by atoms with Gasteiger partial charge in [-0.2, -0.15) is 0 Å². The van der Waals surface area contributed by atoms with Crippen LogP contribution in [0, 0.1) is 19.7 Å². The second kappa shape index (κ2) is 5.55. The van der Waals surface area contributed by atoms with Crippen molar-refractivity contribution in [2.24, 2.45) is 0 Å². The van der Waals surface area contributed by atoms with Crippen LogP contribution in [-0.2, 0) is 0 Å². The van der Waals surface area contributed by atoms with E-state index in [1.165, 1.54) is 6.07 Å². The molecule has 0 aliphatic heterocycles. The summed E-state index contributed by atoms with van der Waals surface area (Å²) in [6.07, 6.45) is 0. The van der Waals surface area contributed by atoms with Crippen LogP contribution in [0.5, 0.6) is 0 Å². The van der Waals surface area contributed by atoms with Gasteiger partial charge >= 0.3 is 0 Å². The van der Waals surface area contributed by atoms with Gasteiger partial charge in [-0.25, -0.2) is 4.39 Å². The Bertz CT molecular complexity index is 645. The topological polar surface area (TPSA) is 17.1 Å². The van der Waals surface area contributed by atoms with Gasteiger partial charge in [-0.1, -0.05) is 22.0 Å². The summed E-state index contributed by atoms with van der Waals surface area (Å²) in [5.74, 6) is -0.822. The van der Waals surface area contributed by atoms with Gasteiger partial charge in [0.05, 0.1) is 5.56 Å². The van der Waals surface area contributed by atoms with E-state index in [4.69, 9.17) is 0 Å². The third kappa shape index (κ3) is 2.79. The van der Waals surface area contributed by atoms with Gasteiger partial charge in [0.2, 0.25) is 0 Å². The standard InChI is InChI=1S/C15H11Br2FO/c1-8-7-12(17)9(2)6-10(8)15(19)14-11(16)4-3-5-13(14)18/h3-7H,1-2H3. The first-order valence-electron chi connectivity index (χ1n) is 5.67. The summed E-state index contributed by atoms with van der Waals surface area (Å²) in [6, 6.07) is 8.17. The number of ketones is 1. The lowest BCUT2D eigenvalue weighted by Crippen LogP contribution is -2.08. The Labute approximate surface area is 128 Å². The molecule has 2 aromatic carbocycles. The van der Waals surface area contributed by atoms with Crippen LogP contribution in [0.1, 0.15) is 27.0 Å². The van der Waals surface area contributed by atoms with Crippen LogP contribution in [0.2, 0.25) is 0 Å². The number of hydrogen-bond donors (Lipinski definition) is 0. The fourth-order valence-corrected chi connectivity index (χ4v) is 2.85. The van der Waals surface area contributed by atoms with Crippen LogP contribution >= 0.6 is 31.9 Å². The lowest BCUT2D eigenvalue weighted by Gasteiger charge is -2.10. The van der Waals surface area contributed by atoms with Gasteiger partial charge in [-0.3, -0.25) is 4.79 Å². The molecule has 0 heterocycles. The van der Waals surface area contributed by atoms with Gasteiger partial charge in [-0.05, 0) is 65.2 Å². The highest BCUT2D eigenvalue weighted by atomic mass is 79.9. The van der Waals surface area contributed by atoms with Crippen molar-refractivity contribution >= 4 is 37.6 Å². The molecule has 0 unspecified atom stereocenters. The second-order valence-corrected chi connectivity index (χ2v) is 6.05. The molecule has 0 aliphatic rings.